The highest BCUT2D eigenvalue weighted by Gasteiger charge is 2.46. The predicted molar refractivity (Wildman–Crippen MR) is 105 cm³/mol. The maximum absolute atomic E-state index is 5.61. The molecule has 0 aromatic rings. The zero-order valence-corrected chi connectivity index (χ0v) is 18.0. The quantitative estimate of drug-likeness (QED) is 0.239. The standard InChI is InChI=1S/C18H40O3SSi/c1-6-8-9-10-11-12-13-14-15-16-17-22-18(7-2)23(19-3,20-4)21-5/h18H,6-17H2,1-5H3. The van der Waals surface area contributed by atoms with Gasteiger partial charge in [-0.15, -0.1) is 0 Å². The van der Waals surface area contributed by atoms with Crippen LogP contribution < -0.4 is 0 Å². The lowest BCUT2D eigenvalue weighted by Gasteiger charge is -2.31. The highest BCUT2D eigenvalue weighted by molar-refractivity contribution is 8.01. The average molecular weight is 365 g/mol. The lowest BCUT2D eigenvalue weighted by atomic mass is 10.1. The average Bonchev–Trinajstić information content (AvgIpc) is 2.59. The highest BCUT2D eigenvalue weighted by Crippen LogP contribution is 2.28. The third-order valence-electron chi connectivity index (χ3n) is 4.44. The fourth-order valence-electron chi connectivity index (χ4n) is 2.93. The van der Waals surface area contributed by atoms with Gasteiger partial charge in [-0.2, -0.15) is 11.8 Å². The fourth-order valence-corrected chi connectivity index (χ4v) is 7.65. The van der Waals surface area contributed by atoms with Gasteiger partial charge in [0.1, 0.15) is 0 Å². The molecule has 0 aromatic heterocycles. The van der Waals surface area contributed by atoms with Crippen LogP contribution in [-0.4, -0.2) is 40.8 Å². The van der Waals surface area contributed by atoms with Crippen LogP contribution in [-0.2, 0) is 13.3 Å². The first-order chi connectivity index (χ1) is 11.2. The molecule has 0 aromatic carbocycles. The summed E-state index contributed by atoms with van der Waals surface area (Å²) in [6, 6.07) is 0. The minimum Gasteiger partial charge on any atom is -0.376 e. The third-order valence-corrected chi connectivity index (χ3v) is 9.97. The van der Waals surface area contributed by atoms with Crippen molar-refractivity contribution in [3.05, 3.63) is 0 Å². The zero-order chi connectivity index (χ0) is 17.4. The molecule has 0 amide bonds. The van der Waals surface area contributed by atoms with Crippen LogP contribution in [0, 0.1) is 0 Å². The van der Waals surface area contributed by atoms with Gasteiger partial charge in [-0.1, -0.05) is 71.6 Å². The van der Waals surface area contributed by atoms with Crippen LogP contribution in [0.2, 0.25) is 0 Å². The van der Waals surface area contributed by atoms with Gasteiger partial charge in [-0.05, 0) is 18.6 Å². The molecule has 0 N–H and O–H groups in total. The molecule has 0 aliphatic heterocycles. The Morgan fingerprint density at radius 3 is 1.52 bits per heavy atom. The maximum Gasteiger partial charge on any atom is 0.513 e. The van der Waals surface area contributed by atoms with Gasteiger partial charge in [-0.25, -0.2) is 0 Å². The van der Waals surface area contributed by atoms with Gasteiger partial charge in [0.05, 0.1) is 4.87 Å². The van der Waals surface area contributed by atoms with Crippen molar-refractivity contribution in [2.75, 3.05) is 27.1 Å². The molecule has 5 heteroatoms. The molecule has 0 radical (unpaired) electrons. The first kappa shape index (κ1) is 23.4. The van der Waals surface area contributed by atoms with E-state index in [9.17, 15) is 0 Å². The smallest absolute Gasteiger partial charge is 0.376 e. The predicted octanol–water partition coefficient (Wildman–Crippen LogP) is 5.84. The van der Waals surface area contributed by atoms with E-state index >= 15 is 0 Å². The molecule has 0 fully saturated rings. The Bertz CT molecular complexity index is 242. The Kier molecular flexibility index (Phi) is 16.3. The van der Waals surface area contributed by atoms with Gasteiger partial charge in [0.2, 0.25) is 0 Å². The number of rotatable bonds is 17. The van der Waals surface area contributed by atoms with Crippen molar-refractivity contribution in [2.45, 2.75) is 89.3 Å². The first-order valence-electron chi connectivity index (χ1n) is 9.47. The van der Waals surface area contributed by atoms with Gasteiger partial charge in [0.25, 0.3) is 0 Å². The Morgan fingerprint density at radius 2 is 1.13 bits per heavy atom. The van der Waals surface area contributed by atoms with E-state index in [1.54, 1.807) is 21.3 Å². The number of thioether (sulfide) groups is 1. The normalized spacial score (nSPS) is 13.4. The first-order valence-corrected chi connectivity index (χ1v) is 12.3. The molecule has 0 aliphatic carbocycles. The third kappa shape index (κ3) is 10.1. The SMILES string of the molecule is CCCCCCCCCCCCSC(CC)[Si](OC)(OC)OC. The second kappa shape index (κ2) is 15.9. The summed E-state index contributed by atoms with van der Waals surface area (Å²) in [5, 5.41) is 0. The second-order valence-corrected chi connectivity index (χ2v) is 11.0. The lowest BCUT2D eigenvalue weighted by Crippen LogP contribution is -2.52. The topological polar surface area (TPSA) is 27.7 Å². The molecule has 140 valence electrons. The van der Waals surface area contributed by atoms with Crippen LogP contribution in [0.1, 0.15) is 84.5 Å². The van der Waals surface area contributed by atoms with Crippen molar-refractivity contribution in [1.82, 2.24) is 0 Å². The van der Waals surface area contributed by atoms with E-state index < -0.39 is 8.80 Å². The lowest BCUT2D eigenvalue weighted by molar-refractivity contribution is 0.121. The molecule has 1 atom stereocenters. The van der Waals surface area contributed by atoms with Crippen molar-refractivity contribution in [3.8, 4) is 0 Å². The van der Waals surface area contributed by atoms with Crippen LogP contribution in [0.25, 0.3) is 0 Å². The van der Waals surface area contributed by atoms with E-state index in [0.717, 1.165) is 6.42 Å². The molecule has 0 aliphatic rings. The van der Waals surface area contributed by atoms with E-state index in [0.29, 0.717) is 4.87 Å². The van der Waals surface area contributed by atoms with Gasteiger partial charge in [-0.3, -0.25) is 0 Å². The molecular weight excluding hydrogens is 324 g/mol. The minimum atomic E-state index is -2.48. The Labute approximate surface area is 150 Å². The molecule has 0 rings (SSSR count). The van der Waals surface area contributed by atoms with Crippen LogP contribution in [0.3, 0.4) is 0 Å². The summed E-state index contributed by atoms with van der Waals surface area (Å²) in [7, 11) is 2.65. The summed E-state index contributed by atoms with van der Waals surface area (Å²) >= 11 is 1.97. The molecule has 3 nitrogen and oxygen atoms in total. The molecule has 0 saturated heterocycles. The van der Waals surface area contributed by atoms with Crippen molar-refractivity contribution in [1.29, 1.82) is 0 Å². The highest BCUT2D eigenvalue weighted by atomic mass is 32.2. The van der Waals surface area contributed by atoms with Crippen molar-refractivity contribution < 1.29 is 13.3 Å². The van der Waals surface area contributed by atoms with Crippen molar-refractivity contribution >= 4 is 20.6 Å². The monoisotopic (exact) mass is 364 g/mol. The van der Waals surface area contributed by atoms with Crippen molar-refractivity contribution in [3.63, 3.8) is 0 Å². The summed E-state index contributed by atoms with van der Waals surface area (Å²) in [6.45, 7) is 4.47. The van der Waals surface area contributed by atoms with E-state index in [2.05, 4.69) is 13.8 Å². The molecule has 1 unspecified atom stereocenters. The minimum absolute atomic E-state index is 0.348. The van der Waals surface area contributed by atoms with Crippen LogP contribution >= 0.6 is 11.8 Å². The zero-order valence-electron chi connectivity index (χ0n) is 16.2. The molecule has 0 heterocycles. The van der Waals surface area contributed by atoms with Crippen LogP contribution in [0.5, 0.6) is 0 Å². The van der Waals surface area contributed by atoms with Gasteiger partial charge < -0.3 is 13.3 Å². The summed E-state index contributed by atoms with van der Waals surface area (Å²) in [5.74, 6) is 1.18. The van der Waals surface area contributed by atoms with E-state index in [4.69, 9.17) is 13.3 Å². The van der Waals surface area contributed by atoms with Crippen molar-refractivity contribution in [2.24, 2.45) is 0 Å². The molecule has 0 saturated carbocycles. The van der Waals surface area contributed by atoms with E-state index in [1.165, 1.54) is 70.0 Å². The summed E-state index contributed by atoms with van der Waals surface area (Å²) in [4.78, 5) is 0.348. The molecule has 23 heavy (non-hydrogen) atoms. The van der Waals surface area contributed by atoms with Gasteiger partial charge >= 0.3 is 8.80 Å². The Hall–Kier alpha value is 0.447. The maximum atomic E-state index is 5.61. The fraction of sp³-hybridized carbons (Fsp3) is 1.00. The van der Waals surface area contributed by atoms with E-state index in [-0.39, 0.29) is 0 Å². The number of hydrogen-bond donors (Lipinski definition) is 0. The van der Waals surface area contributed by atoms with Crippen LogP contribution in [0.4, 0.5) is 0 Å². The summed E-state index contributed by atoms with van der Waals surface area (Å²) in [5.41, 5.74) is 0. The Morgan fingerprint density at radius 1 is 0.696 bits per heavy atom. The summed E-state index contributed by atoms with van der Waals surface area (Å²) in [6.07, 6.45) is 14.9. The molecule has 0 bridgehead atoms. The molecular formula is C18H40O3SSi. The molecule has 0 spiro atoms. The number of hydrogen-bond acceptors (Lipinski definition) is 4. The van der Waals surface area contributed by atoms with Gasteiger partial charge in [0, 0.05) is 21.3 Å². The van der Waals surface area contributed by atoms with Gasteiger partial charge in [0.15, 0.2) is 0 Å². The second-order valence-electron chi connectivity index (χ2n) is 6.17. The largest absolute Gasteiger partial charge is 0.513 e. The number of unbranched alkanes of at least 4 members (excludes halogenated alkanes) is 9. The van der Waals surface area contributed by atoms with E-state index in [1.807, 2.05) is 11.8 Å². The summed E-state index contributed by atoms with van der Waals surface area (Å²) < 4.78 is 16.8. The van der Waals surface area contributed by atoms with Crippen LogP contribution in [0.15, 0.2) is 0 Å². The Balaban J connectivity index is 3.65.